The zero-order valence-electron chi connectivity index (χ0n) is 17.0. The first-order chi connectivity index (χ1) is 14.9. The van der Waals surface area contributed by atoms with Gasteiger partial charge in [0.1, 0.15) is 36.3 Å². The molecule has 1 aliphatic rings. The Morgan fingerprint density at radius 3 is 2.35 bits per heavy atom. The normalized spacial score (nSPS) is 26.2. The highest BCUT2D eigenvalue weighted by molar-refractivity contribution is 7.15. The van der Waals surface area contributed by atoms with E-state index in [0.29, 0.717) is 12.0 Å². The molecule has 1 aromatic heterocycles. The molecule has 2 heterocycles. The molecule has 5 atom stereocenters. The molecule has 0 aliphatic carbocycles. The van der Waals surface area contributed by atoms with Crippen molar-refractivity contribution in [3.05, 3.63) is 76.2 Å². The predicted octanol–water partition coefficient (Wildman–Crippen LogP) is 2.53. The van der Waals surface area contributed by atoms with E-state index in [1.165, 1.54) is 0 Å². The second-order valence-corrected chi connectivity index (χ2v) is 9.09. The highest BCUT2D eigenvalue weighted by atomic mass is 32.1. The minimum atomic E-state index is -1.40. The van der Waals surface area contributed by atoms with Crippen LogP contribution in [0.4, 0.5) is 0 Å². The summed E-state index contributed by atoms with van der Waals surface area (Å²) in [5.41, 5.74) is 3.88. The third kappa shape index (κ3) is 4.52. The molecule has 4 rings (SSSR count). The largest absolute Gasteiger partial charge is 0.508 e. The summed E-state index contributed by atoms with van der Waals surface area (Å²) in [4.78, 5) is 2.27. The molecule has 0 saturated carbocycles. The van der Waals surface area contributed by atoms with E-state index in [0.717, 1.165) is 26.4 Å². The lowest BCUT2D eigenvalue weighted by atomic mass is 9.89. The van der Waals surface area contributed by atoms with Crippen LogP contribution in [-0.2, 0) is 11.2 Å². The van der Waals surface area contributed by atoms with E-state index in [1.807, 2.05) is 37.3 Å². The Morgan fingerprint density at radius 1 is 0.903 bits per heavy atom. The SMILES string of the molecule is Cc1ccc([C@@H]2O[C@H](CO)[C@@H](O)[C@H](O)[C@H]2O)cc1Cc1ccc(-c2ccc(O)cc2)s1. The summed E-state index contributed by atoms with van der Waals surface area (Å²) < 4.78 is 5.71. The topological polar surface area (TPSA) is 110 Å². The number of phenols is 1. The summed E-state index contributed by atoms with van der Waals surface area (Å²) in [6.07, 6.45) is -5.14. The maximum absolute atomic E-state index is 10.4. The fourth-order valence-electron chi connectivity index (χ4n) is 3.88. The van der Waals surface area contributed by atoms with Crippen molar-refractivity contribution in [3.63, 3.8) is 0 Å². The molecule has 1 fully saturated rings. The van der Waals surface area contributed by atoms with Crippen LogP contribution < -0.4 is 0 Å². The average Bonchev–Trinajstić information content (AvgIpc) is 3.23. The zero-order valence-corrected chi connectivity index (χ0v) is 17.9. The minimum absolute atomic E-state index is 0.237. The second-order valence-electron chi connectivity index (χ2n) is 7.93. The van der Waals surface area contributed by atoms with Crippen LogP contribution in [0.2, 0.25) is 0 Å². The molecule has 0 spiro atoms. The van der Waals surface area contributed by atoms with E-state index >= 15 is 0 Å². The highest BCUT2D eigenvalue weighted by Crippen LogP contribution is 2.35. The summed E-state index contributed by atoms with van der Waals surface area (Å²) in [7, 11) is 0. The number of aryl methyl sites for hydroxylation is 1. The average molecular weight is 443 g/mol. The van der Waals surface area contributed by atoms with Gasteiger partial charge in [-0.3, -0.25) is 0 Å². The molecule has 0 radical (unpaired) electrons. The van der Waals surface area contributed by atoms with Crippen molar-refractivity contribution in [2.24, 2.45) is 0 Å². The maximum Gasteiger partial charge on any atom is 0.115 e. The second kappa shape index (κ2) is 9.08. The lowest BCUT2D eigenvalue weighted by Gasteiger charge is -2.40. The van der Waals surface area contributed by atoms with E-state index in [2.05, 4.69) is 12.1 Å². The summed E-state index contributed by atoms with van der Waals surface area (Å²) in [6, 6.07) is 17.0. The van der Waals surface area contributed by atoms with E-state index in [-0.39, 0.29) is 5.75 Å². The van der Waals surface area contributed by atoms with E-state index in [4.69, 9.17) is 4.74 Å². The van der Waals surface area contributed by atoms with Gasteiger partial charge in [0.25, 0.3) is 0 Å². The standard InChI is InChI=1S/C24H26O6S/c1-13-2-3-15(24-23(29)22(28)21(27)19(12-25)30-24)10-16(13)11-18-8-9-20(31-18)14-4-6-17(26)7-5-14/h2-10,19,21-29H,11-12H2,1H3/t19-,21-,22+,23-,24+/m1/s1. The number of rotatable bonds is 5. The van der Waals surface area contributed by atoms with Crippen LogP contribution in [0.3, 0.4) is 0 Å². The van der Waals surface area contributed by atoms with Gasteiger partial charge >= 0.3 is 0 Å². The van der Waals surface area contributed by atoms with Gasteiger partial charge in [0.05, 0.1) is 6.61 Å². The van der Waals surface area contributed by atoms with Gasteiger partial charge in [0.15, 0.2) is 0 Å². The molecule has 164 valence electrons. The summed E-state index contributed by atoms with van der Waals surface area (Å²) in [5, 5.41) is 49.5. The molecule has 3 aromatic rings. The predicted molar refractivity (Wildman–Crippen MR) is 118 cm³/mol. The number of hydrogen-bond donors (Lipinski definition) is 5. The van der Waals surface area contributed by atoms with Crippen molar-refractivity contribution in [2.45, 2.75) is 43.9 Å². The van der Waals surface area contributed by atoms with Crippen molar-refractivity contribution in [1.82, 2.24) is 0 Å². The molecule has 0 bridgehead atoms. The first-order valence-corrected chi connectivity index (χ1v) is 11.0. The molecule has 31 heavy (non-hydrogen) atoms. The third-order valence-electron chi connectivity index (χ3n) is 5.77. The van der Waals surface area contributed by atoms with Gasteiger partial charge in [-0.1, -0.05) is 18.2 Å². The number of thiophene rings is 1. The van der Waals surface area contributed by atoms with Crippen molar-refractivity contribution in [2.75, 3.05) is 6.61 Å². The Morgan fingerprint density at radius 2 is 1.65 bits per heavy atom. The van der Waals surface area contributed by atoms with Crippen molar-refractivity contribution in [1.29, 1.82) is 0 Å². The number of aliphatic hydroxyl groups excluding tert-OH is 4. The number of phenolic OH excluding ortho intramolecular Hbond substituents is 1. The van der Waals surface area contributed by atoms with E-state index < -0.39 is 37.1 Å². The van der Waals surface area contributed by atoms with Gasteiger partial charge < -0.3 is 30.3 Å². The molecule has 2 aromatic carbocycles. The molecule has 0 unspecified atom stereocenters. The van der Waals surface area contributed by atoms with Gasteiger partial charge in [-0.15, -0.1) is 11.3 Å². The summed E-state index contributed by atoms with van der Waals surface area (Å²) >= 11 is 1.67. The Bertz CT molecular complexity index is 1030. The van der Waals surface area contributed by atoms with Crippen LogP contribution in [0.1, 0.15) is 27.7 Å². The fraction of sp³-hybridized carbons (Fsp3) is 0.333. The summed E-state index contributed by atoms with van der Waals surface area (Å²) in [5.74, 6) is 0.237. The Labute approximate surface area is 184 Å². The Hall–Kier alpha value is -2.26. The molecule has 7 heteroatoms. The first-order valence-electron chi connectivity index (χ1n) is 10.2. The van der Waals surface area contributed by atoms with Crippen LogP contribution in [0.5, 0.6) is 5.75 Å². The Balaban J connectivity index is 1.57. The van der Waals surface area contributed by atoms with E-state index in [9.17, 15) is 25.5 Å². The molecular weight excluding hydrogens is 416 g/mol. The molecule has 0 amide bonds. The van der Waals surface area contributed by atoms with Crippen molar-refractivity contribution >= 4 is 11.3 Å². The van der Waals surface area contributed by atoms with Gasteiger partial charge in [0.2, 0.25) is 0 Å². The number of ether oxygens (including phenoxy) is 1. The van der Waals surface area contributed by atoms with Crippen LogP contribution in [0.15, 0.2) is 54.6 Å². The van der Waals surface area contributed by atoms with E-state index in [1.54, 1.807) is 23.5 Å². The quantitative estimate of drug-likeness (QED) is 0.415. The summed E-state index contributed by atoms with van der Waals surface area (Å²) in [6.45, 7) is 1.57. The van der Waals surface area contributed by atoms with Crippen molar-refractivity contribution < 1.29 is 30.3 Å². The van der Waals surface area contributed by atoms with Crippen molar-refractivity contribution in [3.8, 4) is 16.2 Å². The van der Waals surface area contributed by atoms with Gasteiger partial charge in [-0.05, 0) is 65.6 Å². The number of aliphatic hydroxyl groups is 4. The third-order valence-corrected chi connectivity index (χ3v) is 6.91. The fourth-order valence-corrected chi connectivity index (χ4v) is 4.91. The molecule has 1 saturated heterocycles. The van der Waals surface area contributed by atoms with Gasteiger partial charge in [-0.25, -0.2) is 0 Å². The van der Waals surface area contributed by atoms with Crippen LogP contribution in [0.25, 0.3) is 10.4 Å². The van der Waals surface area contributed by atoms with Gasteiger partial charge in [-0.2, -0.15) is 0 Å². The monoisotopic (exact) mass is 442 g/mol. The Kier molecular flexibility index (Phi) is 6.43. The van der Waals surface area contributed by atoms with Gasteiger partial charge in [0, 0.05) is 16.2 Å². The lowest BCUT2D eigenvalue weighted by Crippen LogP contribution is -2.55. The smallest absolute Gasteiger partial charge is 0.115 e. The van der Waals surface area contributed by atoms with Crippen LogP contribution in [-0.4, -0.2) is 56.6 Å². The molecule has 1 aliphatic heterocycles. The first kappa shape index (κ1) is 22.0. The number of aromatic hydroxyl groups is 1. The molecule has 5 N–H and O–H groups in total. The molecular formula is C24H26O6S. The van der Waals surface area contributed by atoms with Crippen LogP contribution in [0, 0.1) is 6.92 Å². The highest BCUT2D eigenvalue weighted by Gasteiger charge is 2.43. The maximum atomic E-state index is 10.4. The lowest BCUT2D eigenvalue weighted by molar-refractivity contribution is -0.231. The number of hydrogen-bond acceptors (Lipinski definition) is 7. The number of benzene rings is 2. The zero-order chi connectivity index (χ0) is 22.1. The molecule has 6 nitrogen and oxygen atoms in total. The van der Waals surface area contributed by atoms with Crippen LogP contribution >= 0.6 is 11.3 Å². The minimum Gasteiger partial charge on any atom is -0.508 e.